The summed E-state index contributed by atoms with van der Waals surface area (Å²) >= 11 is 0. The van der Waals surface area contributed by atoms with E-state index >= 15 is 0 Å². The average molecular weight is 347 g/mol. The lowest BCUT2D eigenvalue weighted by atomic mass is 9.93. The standard InChI is InChI=1S/C18H29N5O2/c1-13-10-14(2)23(20-13)12-16-7-3-4-9-22(16)17(24)15-6-5-8-21(11-15)18(19)25/h10,15-16H,3-9,11-12H2,1-2H3,(H2,19,25)/t15-,16-/m1/s1. The number of aryl methyl sites for hydroxylation is 2. The molecule has 0 bridgehead atoms. The molecule has 2 aliphatic heterocycles. The number of nitrogens with zero attached hydrogens (tertiary/aromatic N) is 4. The van der Waals surface area contributed by atoms with Crippen molar-refractivity contribution in [3.63, 3.8) is 0 Å². The van der Waals surface area contributed by atoms with Gasteiger partial charge < -0.3 is 15.5 Å². The minimum atomic E-state index is -0.421. The molecular formula is C18H29N5O2. The van der Waals surface area contributed by atoms with Crippen molar-refractivity contribution < 1.29 is 9.59 Å². The van der Waals surface area contributed by atoms with E-state index in [0.29, 0.717) is 13.1 Å². The molecule has 1 aromatic rings. The van der Waals surface area contributed by atoms with Crippen molar-refractivity contribution in [2.75, 3.05) is 19.6 Å². The first-order chi connectivity index (χ1) is 12.0. The van der Waals surface area contributed by atoms with Gasteiger partial charge in [0.15, 0.2) is 0 Å². The molecule has 2 aliphatic rings. The summed E-state index contributed by atoms with van der Waals surface area (Å²) in [5.74, 6) is 0.0551. The van der Waals surface area contributed by atoms with Gasteiger partial charge in [-0.3, -0.25) is 9.48 Å². The fourth-order valence-electron chi connectivity index (χ4n) is 4.15. The minimum Gasteiger partial charge on any atom is -0.351 e. The fourth-order valence-corrected chi connectivity index (χ4v) is 4.15. The number of urea groups is 1. The molecule has 0 unspecified atom stereocenters. The first-order valence-corrected chi connectivity index (χ1v) is 9.31. The number of piperidine rings is 2. The van der Waals surface area contributed by atoms with Gasteiger partial charge in [0, 0.05) is 25.3 Å². The van der Waals surface area contributed by atoms with Crippen LogP contribution in [0.15, 0.2) is 6.07 Å². The van der Waals surface area contributed by atoms with E-state index in [1.807, 2.05) is 16.5 Å². The van der Waals surface area contributed by atoms with Crippen LogP contribution in [0.25, 0.3) is 0 Å². The number of carbonyl (C=O) groups excluding carboxylic acids is 2. The Balaban J connectivity index is 1.70. The second kappa shape index (κ2) is 7.45. The second-order valence-electron chi connectivity index (χ2n) is 7.41. The summed E-state index contributed by atoms with van der Waals surface area (Å²) in [5.41, 5.74) is 7.55. The maximum atomic E-state index is 13.1. The van der Waals surface area contributed by atoms with Crippen molar-refractivity contribution in [3.8, 4) is 0 Å². The first-order valence-electron chi connectivity index (χ1n) is 9.31. The van der Waals surface area contributed by atoms with Gasteiger partial charge in [-0.15, -0.1) is 0 Å². The molecule has 2 N–H and O–H groups in total. The molecule has 138 valence electrons. The Morgan fingerprint density at radius 1 is 1.20 bits per heavy atom. The Hall–Kier alpha value is -2.05. The zero-order valence-electron chi connectivity index (χ0n) is 15.3. The van der Waals surface area contributed by atoms with Crippen molar-refractivity contribution >= 4 is 11.9 Å². The number of amides is 3. The SMILES string of the molecule is Cc1cc(C)n(C[C@H]2CCCCN2C(=O)[C@@H]2CCCN(C(N)=O)C2)n1. The van der Waals surface area contributed by atoms with E-state index in [9.17, 15) is 9.59 Å². The van der Waals surface area contributed by atoms with Gasteiger partial charge in [-0.2, -0.15) is 5.10 Å². The van der Waals surface area contributed by atoms with E-state index in [1.54, 1.807) is 4.90 Å². The van der Waals surface area contributed by atoms with E-state index in [1.165, 1.54) is 0 Å². The molecule has 0 spiro atoms. The summed E-state index contributed by atoms with van der Waals surface area (Å²) < 4.78 is 2.02. The lowest BCUT2D eigenvalue weighted by Crippen LogP contribution is -2.52. The summed E-state index contributed by atoms with van der Waals surface area (Å²) in [7, 11) is 0. The topological polar surface area (TPSA) is 84.5 Å². The maximum absolute atomic E-state index is 13.1. The quantitative estimate of drug-likeness (QED) is 0.902. The van der Waals surface area contributed by atoms with Crippen LogP contribution in [-0.2, 0) is 11.3 Å². The third-order valence-electron chi connectivity index (χ3n) is 5.48. The van der Waals surface area contributed by atoms with Gasteiger partial charge >= 0.3 is 6.03 Å². The number of carbonyl (C=O) groups is 2. The van der Waals surface area contributed by atoms with Crippen LogP contribution in [0.5, 0.6) is 0 Å². The lowest BCUT2D eigenvalue weighted by Gasteiger charge is -2.40. The number of rotatable bonds is 3. The highest BCUT2D eigenvalue weighted by Gasteiger charge is 2.35. The Morgan fingerprint density at radius 3 is 2.68 bits per heavy atom. The molecular weight excluding hydrogens is 318 g/mol. The molecule has 0 aromatic carbocycles. The fraction of sp³-hybridized carbons (Fsp3) is 0.722. The van der Waals surface area contributed by atoms with Crippen LogP contribution >= 0.6 is 0 Å². The van der Waals surface area contributed by atoms with Gasteiger partial charge in [0.1, 0.15) is 0 Å². The van der Waals surface area contributed by atoms with Crippen LogP contribution in [0.1, 0.15) is 43.5 Å². The predicted molar refractivity (Wildman–Crippen MR) is 94.9 cm³/mol. The Kier molecular flexibility index (Phi) is 5.30. The monoisotopic (exact) mass is 347 g/mol. The minimum absolute atomic E-state index is 0.123. The zero-order chi connectivity index (χ0) is 18.0. The average Bonchev–Trinajstić information content (AvgIpc) is 2.92. The van der Waals surface area contributed by atoms with E-state index < -0.39 is 6.03 Å². The summed E-state index contributed by atoms with van der Waals surface area (Å²) in [6.07, 6.45) is 4.88. The molecule has 0 radical (unpaired) electrons. The Bertz CT molecular complexity index is 641. The molecule has 1 aromatic heterocycles. The van der Waals surface area contributed by atoms with Gasteiger partial charge in [-0.05, 0) is 52.0 Å². The smallest absolute Gasteiger partial charge is 0.314 e. The van der Waals surface area contributed by atoms with Crippen molar-refractivity contribution in [2.24, 2.45) is 11.7 Å². The van der Waals surface area contributed by atoms with Gasteiger partial charge in [-0.25, -0.2) is 4.79 Å². The lowest BCUT2D eigenvalue weighted by molar-refractivity contribution is -0.141. The van der Waals surface area contributed by atoms with Gasteiger partial charge in [-0.1, -0.05) is 0 Å². The molecule has 2 atom stereocenters. The van der Waals surface area contributed by atoms with Crippen LogP contribution < -0.4 is 5.73 Å². The Labute approximate surface area is 149 Å². The summed E-state index contributed by atoms with van der Waals surface area (Å²) in [5, 5.41) is 4.56. The number of hydrogen-bond acceptors (Lipinski definition) is 3. The van der Waals surface area contributed by atoms with Crippen molar-refractivity contribution in [1.82, 2.24) is 19.6 Å². The summed E-state index contributed by atoms with van der Waals surface area (Å²) in [6, 6.07) is 1.83. The number of likely N-dealkylation sites (tertiary alicyclic amines) is 2. The molecule has 25 heavy (non-hydrogen) atoms. The second-order valence-corrected chi connectivity index (χ2v) is 7.41. The zero-order valence-corrected chi connectivity index (χ0v) is 15.3. The number of nitrogens with two attached hydrogens (primary N) is 1. The molecule has 0 aliphatic carbocycles. The van der Waals surface area contributed by atoms with Crippen LogP contribution in [0, 0.1) is 19.8 Å². The maximum Gasteiger partial charge on any atom is 0.314 e. The van der Waals surface area contributed by atoms with Crippen molar-refractivity contribution in [3.05, 3.63) is 17.5 Å². The van der Waals surface area contributed by atoms with E-state index in [2.05, 4.69) is 18.1 Å². The Morgan fingerprint density at radius 2 is 2.00 bits per heavy atom. The highest BCUT2D eigenvalue weighted by molar-refractivity contribution is 5.81. The largest absolute Gasteiger partial charge is 0.351 e. The van der Waals surface area contributed by atoms with Crippen LogP contribution in [0.2, 0.25) is 0 Å². The third-order valence-corrected chi connectivity index (χ3v) is 5.48. The molecule has 0 saturated carbocycles. The van der Waals surface area contributed by atoms with Gasteiger partial charge in [0.2, 0.25) is 5.91 Å². The van der Waals surface area contributed by atoms with Crippen molar-refractivity contribution in [1.29, 1.82) is 0 Å². The highest BCUT2D eigenvalue weighted by Crippen LogP contribution is 2.25. The first kappa shape index (κ1) is 17.8. The molecule has 3 rings (SSSR count). The molecule has 2 saturated heterocycles. The number of hydrogen-bond donors (Lipinski definition) is 1. The van der Waals surface area contributed by atoms with E-state index in [0.717, 1.165) is 56.6 Å². The number of primary amides is 1. The van der Waals surface area contributed by atoms with E-state index in [-0.39, 0.29) is 17.9 Å². The van der Waals surface area contributed by atoms with Crippen LogP contribution in [0.3, 0.4) is 0 Å². The molecule has 7 heteroatoms. The van der Waals surface area contributed by atoms with Crippen LogP contribution in [0.4, 0.5) is 4.79 Å². The van der Waals surface area contributed by atoms with Gasteiger partial charge in [0.25, 0.3) is 0 Å². The third kappa shape index (κ3) is 3.96. The normalized spacial score (nSPS) is 24.4. The summed E-state index contributed by atoms with van der Waals surface area (Å²) in [6.45, 7) is 6.72. The highest BCUT2D eigenvalue weighted by atomic mass is 16.2. The molecule has 3 heterocycles. The molecule has 2 fully saturated rings. The molecule has 7 nitrogen and oxygen atoms in total. The predicted octanol–water partition coefficient (Wildman–Crippen LogP) is 1.67. The number of aromatic nitrogens is 2. The van der Waals surface area contributed by atoms with Gasteiger partial charge in [0.05, 0.1) is 24.2 Å². The summed E-state index contributed by atoms with van der Waals surface area (Å²) in [4.78, 5) is 28.2. The molecule has 3 amide bonds. The van der Waals surface area contributed by atoms with E-state index in [4.69, 9.17) is 5.73 Å². The van der Waals surface area contributed by atoms with Crippen LogP contribution in [-0.4, -0.2) is 57.2 Å². The van der Waals surface area contributed by atoms with Crippen molar-refractivity contribution in [2.45, 2.75) is 58.5 Å².